The van der Waals surface area contributed by atoms with Crippen LogP contribution in [0.25, 0.3) is 0 Å². The van der Waals surface area contributed by atoms with E-state index in [1.54, 1.807) is 0 Å². The lowest BCUT2D eigenvalue weighted by Gasteiger charge is -1.88. The minimum absolute atomic E-state index is 1.15. The zero-order chi connectivity index (χ0) is 11.6. The molecule has 46 valence electrons. The van der Waals surface area contributed by atoms with Gasteiger partial charge in [-0.3, -0.25) is 0 Å². The van der Waals surface area contributed by atoms with Crippen LogP contribution >= 0.6 is 0 Å². The summed E-state index contributed by atoms with van der Waals surface area (Å²) in [6, 6.07) is 0. The normalized spacial score (nSPS) is 28.5. The second-order valence-electron chi connectivity index (χ2n) is 0.897. The Hall–Kier alpha value is -1.06. The SMILES string of the molecule is [2H]C([2H])([2H])C(=N\O)/C(=N/O)C([2H])([2H])[2H]. The van der Waals surface area contributed by atoms with Crippen LogP contribution in [0.2, 0.25) is 0 Å². The second kappa shape index (κ2) is 3.01. The van der Waals surface area contributed by atoms with E-state index in [4.69, 9.17) is 18.6 Å². The summed E-state index contributed by atoms with van der Waals surface area (Å²) in [7, 11) is 0. The molecule has 0 aliphatic carbocycles. The Kier molecular flexibility index (Phi) is 0.646. The van der Waals surface area contributed by atoms with E-state index in [0.29, 0.717) is 0 Å². The molecule has 0 rings (SSSR count). The van der Waals surface area contributed by atoms with E-state index >= 15 is 0 Å². The van der Waals surface area contributed by atoms with Crippen molar-refractivity contribution < 1.29 is 18.6 Å². The summed E-state index contributed by atoms with van der Waals surface area (Å²) in [6.45, 7) is -5.91. The minimum atomic E-state index is -2.95. The van der Waals surface area contributed by atoms with Crippen molar-refractivity contribution in [1.82, 2.24) is 0 Å². The molecule has 0 aromatic rings. The topological polar surface area (TPSA) is 65.2 Å². The van der Waals surface area contributed by atoms with E-state index in [2.05, 4.69) is 10.3 Å². The van der Waals surface area contributed by atoms with Crippen LogP contribution in [0.1, 0.15) is 21.9 Å². The van der Waals surface area contributed by atoms with Gasteiger partial charge in [-0.1, -0.05) is 10.3 Å². The highest BCUT2D eigenvalue weighted by Gasteiger charge is 1.93. The van der Waals surface area contributed by atoms with Crippen LogP contribution in [0.4, 0.5) is 0 Å². The largest absolute Gasteiger partial charge is 0.411 e. The monoisotopic (exact) mass is 122 g/mol. The molecule has 0 radical (unpaired) electrons. The predicted molar refractivity (Wildman–Crippen MR) is 29.8 cm³/mol. The average Bonchev–Trinajstić information content (AvgIpc) is 1.94. The Balaban J connectivity index is 5.27. The smallest absolute Gasteiger partial charge is 0.101 e. The molecule has 0 aliphatic rings. The van der Waals surface area contributed by atoms with E-state index < -0.39 is 25.1 Å². The summed E-state index contributed by atoms with van der Waals surface area (Å²) in [6.07, 6.45) is 0. The van der Waals surface area contributed by atoms with Gasteiger partial charge in [0.2, 0.25) is 0 Å². The number of hydrogen-bond acceptors (Lipinski definition) is 4. The lowest BCUT2D eigenvalue weighted by atomic mass is 10.3. The summed E-state index contributed by atoms with van der Waals surface area (Å²) in [4.78, 5) is 0. The van der Waals surface area contributed by atoms with Gasteiger partial charge in [0.25, 0.3) is 0 Å². The van der Waals surface area contributed by atoms with Gasteiger partial charge in [0.05, 0.1) is 0 Å². The maximum atomic E-state index is 8.31. The third kappa shape index (κ3) is 1.59. The van der Waals surface area contributed by atoms with Crippen molar-refractivity contribution in [3.8, 4) is 0 Å². The Morgan fingerprint density at radius 1 is 1.25 bits per heavy atom. The lowest BCUT2D eigenvalue weighted by molar-refractivity contribution is 0.313. The summed E-state index contributed by atoms with van der Waals surface area (Å²) in [5.74, 6) is 0. The number of nitrogens with zero attached hydrogens (tertiary/aromatic N) is 2. The maximum Gasteiger partial charge on any atom is 0.101 e. The second-order valence-corrected chi connectivity index (χ2v) is 0.897. The van der Waals surface area contributed by atoms with Crippen molar-refractivity contribution in [2.45, 2.75) is 13.7 Å². The molecular formula is C4H8N2O2. The Morgan fingerprint density at radius 2 is 1.62 bits per heavy atom. The molecule has 4 nitrogen and oxygen atoms in total. The zero-order valence-corrected chi connectivity index (χ0v) is 3.79. The number of rotatable bonds is 1. The fraction of sp³-hybridized carbons (Fsp3) is 0.500. The molecule has 0 aromatic heterocycles. The van der Waals surface area contributed by atoms with Crippen LogP contribution in [0.5, 0.6) is 0 Å². The van der Waals surface area contributed by atoms with Crippen LogP contribution in [0.3, 0.4) is 0 Å². The molecule has 0 bridgehead atoms. The summed E-state index contributed by atoms with van der Waals surface area (Å²) in [5.41, 5.74) is -2.31. The molecule has 0 spiro atoms. The molecule has 0 heterocycles. The van der Waals surface area contributed by atoms with Gasteiger partial charge in [-0.25, -0.2) is 0 Å². The average molecular weight is 122 g/mol. The van der Waals surface area contributed by atoms with Gasteiger partial charge in [0.1, 0.15) is 11.4 Å². The first-order chi connectivity index (χ1) is 6.14. The predicted octanol–water partition coefficient (Wildman–Crippen LogP) is 0.687. The van der Waals surface area contributed by atoms with Crippen molar-refractivity contribution in [3.63, 3.8) is 0 Å². The molecule has 2 N–H and O–H groups in total. The lowest BCUT2D eigenvalue weighted by Crippen LogP contribution is -2.04. The first-order valence-corrected chi connectivity index (χ1v) is 1.60. The van der Waals surface area contributed by atoms with Crippen LogP contribution in [0, 0.1) is 0 Å². The Morgan fingerprint density at radius 3 is 1.75 bits per heavy atom. The highest BCUT2D eigenvalue weighted by Crippen LogP contribution is 1.79. The van der Waals surface area contributed by atoms with Gasteiger partial charge in [-0.05, 0) is 13.7 Å². The van der Waals surface area contributed by atoms with E-state index in [1.807, 2.05) is 0 Å². The molecule has 0 aromatic carbocycles. The highest BCUT2D eigenvalue weighted by molar-refractivity contribution is 6.40. The molecule has 0 amide bonds. The van der Waals surface area contributed by atoms with Gasteiger partial charge in [0.15, 0.2) is 0 Å². The zero-order valence-electron chi connectivity index (χ0n) is 9.79. The molecule has 4 heteroatoms. The van der Waals surface area contributed by atoms with Crippen LogP contribution < -0.4 is 0 Å². The van der Waals surface area contributed by atoms with Crippen LogP contribution in [0.15, 0.2) is 10.3 Å². The molecule has 8 heavy (non-hydrogen) atoms. The van der Waals surface area contributed by atoms with E-state index in [9.17, 15) is 0 Å². The van der Waals surface area contributed by atoms with Gasteiger partial charge in [-0.15, -0.1) is 0 Å². The highest BCUT2D eigenvalue weighted by atomic mass is 16.4. The molecule has 0 atom stereocenters. The molecule has 0 saturated heterocycles. The van der Waals surface area contributed by atoms with Crippen LogP contribution in [-0.2, 0) is 0 Å². The van der Waals surface area contributed by atoms with Gasteiger partial charge in [0, 0.05) is 8.22 Å². The van der Waals surface area contributed by atoms with E-state index in [-0.39, 0.29) is 0 Å². The maximum absolute atomic E-state index is 8.31. The third-order valence-electron chi connectivity index (χ3n) is 0.424. The first-order valence-electron chi connectivity index (χ1n) is 4.60. The Labute approximate surface area is 55.6 Å². The Bertz CT molecular complexity index is 236. The van der Waals surface area contributed by atoms with Gasteiger partial charge in [-0.2, -0.15) is 0 Å². The summed E-state index contributed by atoms with van der Waals surface area (Å²) in [5, 5.41) is 21.2. The summed E-state index contributed by atoms with van der Waals surface area (Å²) >= 11 is 0. The molecule has 0 aliphatic heterocycles. The molecular weight excluding hydrogens is 108 g/mol. The third-order valence-corrected chi connectivity index (χ3v) is 0.424. The van der Waals surface area contributed by atoms with Crippen molar-refractivity contribution in [3.05, 3.63) is 0 Å². The molecule has 0 unspecified atom stereocenters. The van der Waals surface area contributed by atoms with Crippen LogP contribution in [-0.4, -0.2) is 21.8 Å². The minimum Gasteiger partial charge on any atom is -0.411 e. The van der Waals surface area contributed by atoms with Crippen molar-refractivity contribution >= 4 is 11.4 Å². The van der Waals surface area contributed by atoms with Gasteiger partial charge >= 0.3 is 0 Å². The van der Waals surface area contributed by atoms with Crippen molar-refractivity contribution in [2.24, 2.45) is 10.3 Å². The molecule has 0 saturated carbocycles. The standard InChI is InChI=1S/C4H8N2O2/c1-3(5-7)4(2)6-8/h7-8H,1-2H3/b5-3+,6-4+/i1D3,2D3. The fourth-order valence-electron chi connectivity index (χ4n) is 0.0947. The van der Waals surface area contributed by atoms with Gasteiger partial charge < -0.3 is 10.4 Å². The van der Waals surface area contributed by atoms with Crippen molar-refractivity contribution in [1.29, 1.82) is 0 Å². The molecule has 0 fully saturated rings. The number of oxime groups is 2. The quantitative estimate of drug-likeness (QED) is 0.305. The van der Waals surface area contributed by atoms with Crippen molar-refractivity contribution in [2.75, 3.05) is 0 Å². The number of hydrogen-bond donors (Lipinski definition) is 2. The summed E-state index contributed by atoms with van der Waals surface area (Å²) < 4.78 is 40.8. The fourth-order valence-corrected chi connectivity index (χ4v) is 0.0947. The van der Waals surface area contributed by atoms with E-state index in [0.717, 1.165) is 0 Å². The van der Waals surface area contributed by atoms with E-state index in [1.165, 1.54) is 0 Å². The first kappa shape index (κ1) is 1.72.